The monoisotopic (exact) mass is 389 g/mol. The van der Waals surface area contributed by atoms with Crippen LogP contribution in [0.25, 0.3) is 5.57 Å². The summed E-state index contributed by atoms with van der Waals surface area (Å²) < 4.78 is 0. The molecule has 0 N–H and O–H groups in total. The van der Waals surface area contributed by atoms with Gasteiger partial charge in [0.2, 0.25) is 0 Å². The number of imide groups is 1. The van der Waals surface area contributed by atoms with Gasteiger partial charge in [0, 0.05) is 26.2 Å². The molecule has 2 aromatic rings. The highest BCUT2D eigenvalue weighted by Gasteiger charge is 2.43. The lowest BCUT2D eigenvalue weighted by atomic mass is 9.97. The lowest BCUT2D eigenvalue weighted by Crippen LogP contribution is -2.46. The largest absolute Gasteiger partial charge is 0.364 e. The minimum absolute atomic E-state index is 0.222. The molecule has 29 heavy (non-hydrogen) atoms. The molecule has 0 bridgehead atoms. The molecule has 0 aliphatic carbocycles. The smallest absolute Gasteiger partial charge is 0.282 e. The fourth-order valence-corrected chi connectivity index (χ4v) is 4.18. The van der Waals surface area contributed by atoms with Gasteiger partial charge in [-0.25, -0.2) is 4.90 Å². The molecule has 0 spiro atoms. The third-order valence-electron chi connectivity index (χ3n) is 5.79. The zero-order valence-electron chi connectivity index (χ0n) is 17.5. The van der Waals surface area contributed by atoms with Crippen molar-refractivity contribution in [3.05, 3.63) is 70.4 Å². The first-order valence-corrected chi connectivity index (χ1v) is 10.1. The van der Waals surface area contributed by atoms with Crippen molar-refractivity contribution in [2.75, 3.05) is 38.1 Å². The lowest BCUT2D eigenvalue weighted by molar-refractivity contribution is -0.120. The first-order valence-electron chi connectivity index (χ1n) is 10.1. The fourth-order valence-electron chi connectivity index (χ4n) is 4.18. The number of amides is 2. The van der Waals surface area contributed by atoms with E-state index in [2.05, 4.69) is 22.9 Å². The number of piperazine rings is 1. The van der Waals surface area contributed by atoms with Crippen molar-refractivity contribution < 1.29 is 9.59 Å². The summed E-state index contributed by atoms with van der Waals surface area (Å²) in [6.45, 7) is 9.22. The summed E-state index contributed by atoms with van der Waals surface area (Å²) in [5.74, 6) is -0.457. The van der Waals surface area contributed by atoms with Crippen LogP contribution in [0.2, 0.25) is 0 Å². The van der Waals surface area contributed by atoms with Crippen molar-refractivity contribution >= 4 is 23.1 Å². The number of hydrogen-bond donors (Lipinski definition) is 0. The van der Waals surface area contributed by atoms with Crippen molar-refractivity contribution in [2.45, 2.75) is 20.8 Å². The molecule has 2 heterocycles. The summed E-state index contributed by atoms with van der Waals surface area (Å²) in [6, 6.07) is 13.6. The molecule has 5 heteroatoms. The van der Waals surface area contributed by atoms with E-state index in [1.165, 1.54) is 4.90 Å². The van der Waals surface area contributed by atoms with Gasteiger partial charge in [-0.1, -0.05) is 35.9 Å². The first kappa shape index (κ1) is 19.4. The Kier molecular flexibility index (Phi) is 5.01. The molecule has 4 rings (SSSR count). The topological polar surface area (TPSA) is 43.9 Å². The molecule has 0 radical (unpaired) electrons. The van der Waals surface area contributed by atoms with Crippen molar-refractivity contribution in [3.63, 3.8) is 0 Å². The second kappa shape index (κ2) is 7.48. The molecule has 0 saturated carbocycles. The summed E-state index contributed by atoms with van der Waals surface area (Å²) in [6.07, 6.45) is 0. The number of nitrogens with zero attached hydrogens (tertiary/aromatic N) is 3. The lowest BCUT2D eigenvalue weighted by Gasteiger charge is -2.34. The quantitative estimate of drug-likeness (QED) is 0.757. The summed E-state index contributed by atoms with van der Waals surface area (Å²) in [7, 11) is 2.08. The summed E-state index contributed by atoms with van der Waals surface area (Å²) in [5, 5.41) is 0. The third kappa shape index (κ3) is 3.47. The highest BCUT2D eigenvalue weighted by atomic mass is 16.2. The number of likely N-dealkylation sites (N-methyl/N-ethyl adjacent to an activating group) is 1. The predicted octanol–water partition coefficient (Wildman–Crippen LogP) is 3.14. The van der Waals surface area contributed by atoms with E-state index in [0.29, 0.717) is 17.0 Å². The van der Waals surface area contributed by atoms with Crippen molar-refractivity contribution in [1.29, 1.82) is 0 Å². The van der Waals surface area contributed by atoms with Crippen LogP contribution in [0.1, 0.15) is 22.3 Å². The minimum Gasteiger partial charge on any atom is -0.364 e. The molecule has 2 aliphatic heterocycles. The Hall–Kier alpha value is -2.92. The summed E-state index contributed by atoms with van der Waals surface area (Å²) >= 11 is 0. The van der Waals surface area contributed by atoms with Crippen LogP contribution in [-0.4, -0.2) is 54.8 Å². The second-order valence-corrected chi connectivity index (χ2v) is 8.12. The van der Waals surface area contributed by atoms with Gasteiger partial charge in [0.1, 0.15) is 5.70 Å². The second-order valence-electron chi connectivity index (χ2n) is 8.12. The molecule has 0 atom stereocenters. The van der Waals surface area contributed by atoms with Crippen molar-refractivity contribution in [2.24, 2.45) is 0 Å². The maximum Gasteiger partial charge on any atom is 0.282 e. The molecule has 0 unspecified atom stereocenters. The zero-order chi connectivity index (χ0) is 20.7. The van der Waals surface area contributed by atoms with Crippen LogP contribution in [0, 0.1) is 20.8 Å². The van der Waals surface area contributed by atoms with Crippen LogP contribution in [0.15, 0.2) is 48.2 Å². The molecule has 0 aromatic heterocycles. The van der Waals surface area contributed by atoms with E-state index in [0.717, 1.165) is 48.4 Å². The van der Waals surface area contributed by atoms with E-state index < -0.39 is 0 Å². The normalized spacial score (nSPS) is 18.2. The van der Waals surface area contributed by atoms with Gasteiger partial charge in [0.05, 0.1) is 11.3 Å². The van der Waals surface area contributed by atoms with Gasteiger partial charge in [0.25, 0.3) is 11.8 Å². The van der Waals surface area contributed by atoms with Gasteiger partial charge in [-0.2, -0.15) is 0 Å². The Morgan fingerprint density at radius 3 is 2.14 bits per heavy atom. The minimum atomic E-state index is -0.235. The van der Waals surface area contributed by atoms with Gasteiger partial charge in [-0.15, -0.1) is 0 Å². The average Bonchev–Trinajstić information content (AvgIpc) is 2.93. The van der Waals surface area contributed by atoms with E-state index in [1.54, 1.807) is 0 Å². The molecule has 2 amide bonds. The van der Waals surface area contributed by atoms with Crippen LogP contribution in [0.5, 0.6) is 0 Å². The zero-order valence-corrected chi connectivity index (χ0v) is 17.5. The molecule has 2 aliphatic rings. The number of carbonyl (C=O) groups excluding carboxylic acids is 2. The molecule has 1 saturated heterocycles. The first-order chi connectivity index (χ1) is 13.9. The van der Waals surface area contributed by atoms with E-state index in [9.17, 15) is 9.59 Å². The van der Waals surface area contributed by atoms with E-state index in [-0.39, 0.29) is 11.8 Å². The summed E-state index contributed by atoms with van der Waals surface area (Å²) in [4.78, 5) is 32.8. The van der Waals surface area contributed by atoms with Crippen molar-refractivity contribution in [3.8, 4) is 0 Å². The van der Waals surface area contributed by atoms with Crippen LogP contribution in [0.3, 0.4) is 0 Å². The van der Waals surface area contributed by atoms with Gasteiger partial charge >= 0.3 is 0 Å². The molecular weight excluding hydrogens is 362 g/mol. The number of anilines is 1. The Bertz CT molecular complexity index is 1020. The Morgan fingerprint density at radius 2 is 1.48 bits per heavy atom. The average molecular weight is 389 g/mol. The Morgan fingerprint density at radius 1 is 0.793 bits per heavy atom. The number of carbonyl (C=O) groups is 2. The van der Waals surface area contributed by atoms with Gasteiger partial charge in [0.15, 0.2) is 0 Å². The van der Waals surface area contributed by atoms with Crippen LogP contribution < -0.4 is 4.90 Å². The predicted molar refractivity (Wildman–Crippen MR) is 116 cm³/mol. The third-order valence-corrected chi connectivity index (χ3v) is 5.79. The van der Waals surface area contributed by atoms with E-state index in [1.807, 2.05) is 57.2 Å². The Balaban J connectivity index is 1.85. The van der Waals surface area contributed by atoms with Gasteiger partial charge < -0.3 is 9.80 Å². The van der Waals surface area contributed by atoms with Crippen LogP contribution >= 0.6 is 0 Å². The number of benzene rings is 2. The maximum atomic E-state index is 13.6. The Labute approximate surface area is 172 Å². The standard InChI is InChI=1S/C24H27N3O2/c1-16-6-5-7-19(15-16)27-23(28)21(20-9-8-17(2)14-18(20)3)22(24(27)29)26-12-10-25(4)11-13-26/h5-9,14-15H,10-13H2,1-4H3. The molecular formula is C24H27N3O2. The number of hydrogen-bond acceptors (Lipinski definition) is 4. The number of aryl methyl sites for hydroxylation is 3. The van der Waals surface area contributed by atoms with Gasteiger partial charge in [-0.3, -0.25) is 9.59 Å². The fraction of sp³-hybridized carbons (Fsp3) is 0.333. The molecule has 150 valence electrons. The highest BCUT2D eigenvalue weighted by molar-refractivity contribution is 6.45. The van der Waals surface area contributed by atoms with Gasteiger partial charge in [-0.05, 0) is 56.6 Å². The summed E-state index contributed by atoms with van der Waals surface area (Å²) in [5.41, 5.74) is 5.71. The van der Waals surface area contributed by atoms with E-state index in [4.69, 9.17) is 0 Å². The van der Waals surface area contributed by atoms with Crippen LogP contribution in [-0.2, 0) is 9.59 Å². The highest BCUT2D eigenvalue weighted by Crippen LogP contribution is 2.36. The SMILES string of the molecule is Cc1cccc(N2C(=O)C(c3ccc(C)cc3C)=C(N3CCN(C)CC3)C2=O)c1. The molecule has 2 aromatic carbocycles. The van der Waals surface area contributed by atoms with Crippen LogP contribution in [0.4, 0.5) is 5.69 Å². The molecule has 1 fully saturated rings. The van der Waals surface area contributed by atoms with Crippen molar-refractivity contribution in [1.82, 2.24) is 9.80 Å². The number of rotatable bonds is 3. The maximum absolute atomic E-state index is 13.6. The molecule has 5 nitrogen and oxygen atoms in total. The van der Waals surface area contributed by atoms with E-state index >= 15 is 0 Å².